The molecule has 0 aliphatic rings. The summed E-state index contributed by atoms with van der Waals surface area (Å²) in [5.74, 6) is 0.322. The van der Waals surface area contributed by atoms with Crippen LogP contribution in [0.5, 0.6) is 5.75 Å². The Bertz CT molecular complexity index is 713. The van der Waals surface area contributed by atoms with Gasteiger partial charge in [0, 0.05) is 6.42 Å². The van der Waals surface area contributed by atoms with E-state index in [0.29, 0.717) is 23.5 Å². The second-order valence-electron chi connectivity index (χ2n) is 5.45. The molecule has 5 heteroatoms. The molecule has 126 valence electrons. The van der Waals surface area contributed by atoms with Gasteiger partial charge in [0.25, 0.3) is 5.91 Å². The van der Waals surface area contributed by atoms with Gasteiger partial charge in [0.2, 0.25) is 5.91 Å². The van der Waals surface area contributed by atoms with Crippen molar-refractivity contribution in [2.24, 2.45) is 0 Å². The molecule has 24 heavy (non-hydrogen) atoms. The monoisotopic (exact) mass is 326 g/mol. The topological polar surface area (TPSA) is 67.4 Å². The number of carbonyl (C=O) groups is 2. The van der Waals surface area contributed by atoms with Crippen molar-refractivity contribution in [2.75, 3.05) is 17.2 Å². The Morgan fingerprint density at radius 2 is 1.50 bits per heavy atom. The maximum absolute atomic E-state index is 12.1. The van der Waals surface area contributed by atoms with Gasteiger partial charge >= 0.3 is 0 Å². The highest BCUT2D eigenvalue weighted by molar-refractivity contribution is 5.99. The van der Waals surface area contributed by atoms with E-state index in [1.807, 2.05) is 38.1 Å². The van der Waals surface area contributed by atoms with Crippen molar-refractivity contribution >= 4 is 23.2 Å². The second-order valence-corrected chi connectivity index (χ2v) is 5.45. The molecule has 0 atom stereocenters. The van der Waals surface area contributed by atoms with E-state index in [2.05, 4.69) is 10.6 Å². The van der Waals surface area contributed by atoms with E-state index in [-0.39, 0.29) is 18.4 Å². The number of hydrogen-bond acceptors (Lipinski definition) is 3. The van der Waals surface area contributed by atoms with Gasteiger partial charge in [-0.3, -0.25) is 9.59 Å². The van der Waals surface area contributed by atoms with E-state index < -0.39 is 0 Å². The minimum Gasteiger partial charge on any atom is -0.483 e. The van der Waals surface area contributed by atoms with Crippen molar-refractivity contribution in [1.29, 1.82) is 0 Å². The lowest BCUT2D eigenvalue weighted by molar-refractivity contribution is -0.118. The summed E-state index contributed by atoms with van der Waals surface area (Å²) in [5.41, 5.74) is 2.11. The van der Waals surface area contributed by atoms with Crippen molar-refractivity contribution in [1.82, 2.24) is 0 Å². The molecule has 0 saturated heterocycles. The molecule has 2 N–H and O–H groups in total. The molecule has 5 nitrogen and oxygen atoms in total. The molecule has 0 aliphatic carbocycles. The van der Waals surface area contributed by atoms with Crippen LogP contribution in [0.4, 0.5) is 11.4 Å². The molecule has 0 aromatic heterocycles. The molecule has 0 spiro atoms. The van der Waals surface area contributed by atoms with Crippen molar-refractivity contribution in [3.8, 4) is 5.75 Å². The van der Waals surface area contributed by atoms with Crippen LogP contribution in [0.1, 0.15) is 25.3 Å². The molecule has 2 amide bonds. The van der Waals surface area contributed by atoms with E-state index in [1.165, 1.54) is 0 Å². The average molecular weight is 326 g/mol. The van der Waals surface area contributed by atoms with Crippen molar-refractivity contribution in [3.05, 3.63) is 54.1 Å². The lowest BCUT2D eigenvalue weighted by Gasteiger charge is -2.13. The SMILES string of the molecule is CCCC(=O)Nc1ccccc1NC(=O)COc1ccccc1C. The van der Waals surface area contributed by atoms with E-state index in [0.717, 1.165) is 12.0 Å². The van der Waals surface area contributed by atoms with Gasteiger partial charge in [0.05, 0.1) is 11.4 Å². The number of para-hydroxylation sites is 3. The summed E-state index contributed by atoms with van der Waals surface area (Å²) >= 11 is 0. The molecule has 0 heterocycles. The average Bonchev–Trinajstić information content (AvgIpc) is 2.56. The summed E-state index contributed by atoms with van der Waals surface area (Å²) in [5, 5.41) is 5.57. The molecule has 0 radical (unpaired) electrons. The van der Waals surface area contributed by atoms with Gasteiger partial charge in [-0.15, -0.1) is 0 Å². The number of carbonyl (C=O) groups excluding carboxylic acids is 2. The number of aryl methyl sites for hydroxylation is 1. The quantitative estimate of drug-likeness (QED) is 0.814. The lowest BCUT2D eigenvalue weighted by atomic mass is 10.2. The molecule has 2 aromatic carbocycles. The third kappa shape index (κ3) is 5.12. The van der Waals surface area contributed by atoms with Crippen LogP contribution in [0.2, 0.25) is 0 Å². The highest BCUT2D eigenvalue weighted by Gasteiger charge is 2.10. The fraction of sp³-hybridized carbons (Fsp3) is 0.263. The molecular formula is C19H22N2O3. The Morgan fingerprint density at radius 3 is 2.12 bits per heavy atom. The summed E-state index contributed by atoms with van der Waals surface area (Å²) in [6.45, 7) is 3.77. The Labute approximate surface area is 142 Å². The van der Waals surface area contributed by atoms with Crippen molar-refractivity contribution in [2.45, 2.75) is 26.7 Å². The third-order valence-corrected chi connectivity index (χ3v) is 3.40. The minimum absolute atomic E-state index is 0.0737. The van der Waals surface area contributed by atoms with E-state index in [4.69, 9.17) is 4.74 Å². The van der Waals surface area contributed by atoms with E-state index >= 15 is 0 Å². The number of benzene rings is 2. The summed E-state index contributed by atoms with van der Waals surface area (Å²) in [6, 6.07) is 14.6. The molecule has 2 aromatic rings. The van der Waals surface area contributed by atoms with Crippen molar-refractivity contribution in [3.63, 3.8) is 0 Å². The van der Waals surface area contributed by atoms with Gasteiger partial charge < -0.3 is 15.4 Å². The van der Waals surface area contributed by atoms with Crippen LogP contribution in [0.15, 0.2) is 48.5 Å². The largest absolute Gasteiger partial charge is 0.483 e. The Balaban J connectivity index is 1.96. The van der Waals surface area contributed by atoms with Gasteiger partial charge in [-0.2, -0.15) is 0 Å². The maximum atomic E-state index is 12.1. The molecule has 0 aliphatic heterocycles. The Hall–Kier alpha value is -2.82. The number of nitrogens with one attached hydrogen (secondary N) is 2. The first-order valence-electron chi connectivity index (χ1n) is 7.97. The van der Waals surface area contributed by atoms with Crippen LogP contribution in [-0.4, -0.2) is 18.4 Å². The Morgan fingerprint density at radius 1 is 0.917 bits per heavy atom. The smallest absolute Gasteiger partial charge is 0.262 e. The summed E-state index contributed by atoms with van der Waals surface area (Å²) in [4.78, 5) is 23.9. The number of anilines is 2. The summed E-state index contributed by atoms with van der Waals surface area (Å²) in [7, 11) is 0. The lowest BCUT2D eigenvalue weighted by Crippen LogP contribution is -2.21. The fourth-order valence-electron chi connectivity index (χ4n) is 2.19. The Kier molecular flexibility index (Phi) is 6.37. The van der Waals surface area contributed by atoms with Crippen LogP contribution in [0.25, 0.3) is 0 Å². The summed E-state index contributed by atoms with van der Waals surface area (Å²) in [6.07, 6.45) is 1.21. The highest BCUT2D eigenvalue weighted by Crippen LogP contribution is 2.21. The maximum Gasteiger partial charge on any atom is 0.262 e. The predicted molar refractivity (Wildman–Crippen MR) is 95.3 cm³/mol. The summed E-state index contributed by atoms with van der Waals surface area (Å²) < 4.78 is 5.53. The van der Waals surface area contributed by atoms with Gasteiger partial charge in [0.1, 0.15) is 5.75 Å². The number of rotatable bonds is 7. The molecule has 2 rings (SSSR count). The first-order valence-corrected chi connectivity index (χ1v) is 7.97. The zero-order chi connectivity index (χ0) is 17.4. The normalized spacial score (nSPS) is 10.1. The molecule has 0 fully saturated rings. The van der Waals surface area contributed by atoms with Crippen LogP contribution in [0, 0.1) is 6.92 Å². The highest BCUT2D eigenvalue weighted by atomic mass is 16.5. The van der Waals surface area contributed by atoms with Gasteiger partial charge in [-0.05, 0) is 37.1 Å². The first kappa shape index (κ1) is 17.5. The fourth-order valence-corrected chi connectivity index (χ4v) is 2.19. The second kappa shape index (κ2) is 8.72. The van der Waals surface area contributed by atoms with E-state index in [9.17, 15) is 9.59 Å². The number of hydrogen-bond donors (Lipinski definition) is 2. The third-order valence-electron chi connectivity index (χ3n) is 3.40. The van der Waals surface area contributed by atoms with Crippen LogP contribution >= 0.6 is 0 Å². The molecule has 0 bridgehead atoms. The van der Waals surface area contributed by atoms with E-state index in [1.54, 1.807) is 24.3 Å². The zero-order valence-electron chi connectivity index (χ0n) is 14.0. The molecule has 0 unspecified atom stereocenters. The number of ether oxygens (including phenoxy) is 1. The minimum atomic E-state index is -0.282. The molecule has 0 saturated carbocycles. The zero-order valence-corrected chi connectivity index (χ0v) is 14.0. The number of amides is 2. The molecular weight excluding hydrogens is 304 g/mol. The van der Waals surface area contributed by atoms with Gasteiger partial charge in [-0.1, -0.05) is 37.3 Å². The predicted octanol–water partition coefficient (Wildman–Crippen LogP) is 3.75. The van der Waals surface area contributed by atoms with Gasteiger partial charge in [-0.25, -0.2) is 0 Å². The first-order chi connectivity index (χ1) is 11.6. The van der Waals surface area contributed by atoms with Gasteiger partial charge in [0.15, 0.2) is 6.61 Å². The standard InChI is InChI=1S/C19H22N2O3/c1-3-8-18(22)20-15-10-5-6-11-16(15)21-19(23)13-24-17-12-7-4-9-14(17)2/h4-7,9-12H,3,8,13H2,1-2H3,(H,20,22)(H,21,23). The van der Waals surface area contributed by atoms with Crippen LogP contribution in [-0.2, 0) is 9.59 Å². The van der Waals surface area contributed by atoms with Crippen LogP contribution in [0.3, 0.4) is 0 Å². The van der Waals surface area contributed by atoms with Crippen molar-refractivity contribution < 1.29 is 14.3 Å². The van der Waals surface area contributed by atoms with Crippen LogP contribution < -0.4 is 15.4 Å².